The molecule has 0 bridgehead atoms. The molecule has 0 spiro atoms. The molecule has 0 fully saturated rings. The van der Waals surface area contributed by atoms with Gasteiger partial charge in [0.05, 0.1) is 34.7 Å². The number of rotatable bonds is 4. The van der Waals surface area contributed by atoms with E-state index in [2.05, 4.69) is 10.2 Å². The summed E-state index contributed by atoms with van der Waals surface area (Å²) in [6, 6.07) is 20.0. The first kappa shape index (κ1) is 19.3. The van der Waals surface area contributed by atoms with E-state index < -0.39 is 23.6 Å². The van der Waals surface area contributed by atoms with Crippen molar-refractivity contribution in [3.8, 4) is 0 Å². The van der Waals surface area contributed by atoms with Gasteiger partial charge in [0.15, 0.2) is 0 Å². The van der Waals surface area contributed by atoms with E-state index in [1.807, 2.05) is 0 Å². The third-order valence-corrected chi connectivity index (χ3v) is 5.13. The molecule has 2 aliphatic rings. The maximum absolute atomic E-state index is 12.3. The summed E-state index contributed by atoms with van der Waals surface area (Å²) in [4.78, 5) is 49.4. The summed E-state index contributed by atoms with van der Waals surface area (Å²) < 4.78 is 0. The highest BCUT2D eigenvalue weighted by molar-refractivity contribution is 6.22. The lowest BCUT2D eigenvalue weighted by molar-refractivity contribution is 0.0644. The summed E-state index contributed by atoms with van der Waals surface area (Å²) in [7, 11) is 0. The van der Waals surface area contributed by atoms with Crippen molar-refractivity contribution in [2.45, 2.75) is 0 Å². The molecule has 4 amide bonds. The number of benzene rings is 3. The summed E-state index contributed by atoms with van der Waals surface area (Å²) in [5, 5.41) is 9.73. The van der Waals surface area contributed by atoms with Gasteiger partial charge in [0, 0.05) is 0 Å². The van der Waals surface area contributed by atoms with E-state index >= 15 is 0 Å². The molecule has 0 aliphatic carbocycles. The third kappa shape index (κ3) is 3.10. The number of nitrogens with zero attached hydrogens (tertiary/aromatic N) is 4. The Morgan fingerprint density at radius 3 is 1.03 bits per heavy atom. The molecular weight excluding hydrogens is 408 g/mol. The van der Waals surface area contributed by atoms with Crippen LogP contribution in [0.3, 0.4) is 0 Å². The first-order valence-corrected chi connectivity index (χ1v) is 9.68. The number of carbonyl (C=O) groups is 4. The van der Waals surface area contributed by atoms with Crippen LogP contribution in [0.5, 0.6) is 0 Å². The van der Waals surface area contributed by atoms with E-state index in [4.69, 9.17) is 0 Å². The van der Waals surface area contributed by atoms with Crippen LogP contribution in [0.4, 0.5) is 0 Å². The van der Waals surface area contributed by atoms with Crippen molar-refractivity contribution in [3.63, 3.8) is 0 Å². The summed E-state index contributed by atoms with van der Waals surface area (Å²) in [5.74, 6) is -1.86. The Bertz CT molecular complexity index is 1180. The lowest BCUT2D eigenvalue weighted by Crippen LogP contribution is -2.24. The molecule has 3 aromatic rings. The van der Waals surface area contributed by atoms with Crippen LogP contribution in [-0.4, -0.2) is 46.1 Å². The fraction of sp³-hybridized carbons (Fsp3) is 0. The number of fused-ring (bicyclic) bond motifs is 2. The maximum Gasteiger partial charge on any atom is 0.282 e. The van der Waals surface area contributed by atoms with Crippen LogP contribution in [0.1, 0.15) is 52.6 Å². The fourth-order valence-corrected chi connectivity index (χ4v) is 3.48. The van der Waals surface area contributed by atoms with Gasteiger partial charge in [-0.25, -0.2) is 0 Å². The number of amides is 4. The highest BCUT2D eigenvalue weighted by Gasteiger charge is 2.36. The van der Waals surface area contributed by atoms with Crippen molar-refractivity contribution >= 4 is 36.1 Å². The Labute approximate surface area is 182 Å². The van der Waals surface area contributed by atoms with Crippen molar-refractivity contribution in [1.29, 1.82) is 0 Å². The molecule has 3 aromatic carbocycles. The van der Waals surface area contributed by atoms with Gasteiger partial charge in [0.2, 0.25) is 0 Å². The van der Waals surface area contributed by atoms with Gasteiger partial charge in [0.1, 0.15) is 0 Å². The largest absolute Gasteiger partial charge is 0.282 e. The fourth-order valence-electron chi connectivity index (χ4n) is 3.48. The van der Waals surface area contributed by atoms with Crippen LogP contribution >= 0.6 is 0 Å². The number of hydrogen-bond donors (Lipinski definition) is 0. The molecule has 8 heteroatoms. The predicted octanol–water partition coefficient (Wildman–Crippen LogP) is 2.95. The average Bonchev–Trinajstić information content (AvgIpc) is 3.22. The molecule has 32 heavy (non-hydrogen) atoms. The van der Waals surface area contributed by atoms with Gasteiger partial charge in [-0.2, -0.15) is 20.2 Å². The molecule has 5 rings (SSSR count). The molecule has 0 N–H and O–H groups in total. The topological polar surface area (TPSA) is 99.5 Å². The Hall–Kier alpha value is -4.72. The van der Waals surface area contributed by atoms with Crippen LogP contribution in [-0.2, 0) is 0 Å². The van der Waals surface area contributed by atoms with Gasteiger partial charge in [-0.3, -0.25) is 19.2 Å². The van der Waals surface area contributed by atoms with Crippen molar-refractivity contribution in [3.05, 3.63) is 106 Å². The van der Waals surface area contributed by atoms with Crippen LogP contribution < -0.4 is 0 Å². The number of hydrazone groups is 2. The molecule has 0 saturated heterocycles. The molecule has 8 nitrogen and oxygen atoms in total. The molecular formula is C24H14N4O4. The van der Waals surface area contributed by atoms with E-state index in [0.29, 0.717) is 33.4 Å². The Balaban J connectivity index is 1.29. The first-order chi connectivity index (χ1) is 15.5. The monoisotopic (exact) mass is 422 g/mol. The third-order valence-electron chi connectivity index (χ3n) is 5.13. The zero-order valence-corrected chi connectivity index (χ0v) is 16.5. The smallest absolute Gasteiger partial charge is 0.267 e. The van der Waals surface area contributed by atoms with Crippen LogP contribution in [0.2, 0.25) is 0 Å². The predicted molar refractivity (Wildman–Crippen MR) is 116 cm³/mol. The van der Waals surface area contributed by atoms with Crippen molar-refractivity contribution in [2.24, 2.45) is 10.2 Å². The van der Waals surface area contributed by atoms with E-state index in [9.17, 15) is 19.2 Å². The maximum atomic E-state index is 12.3. The zero-order valence-electron chi connectivity index (χ0n) is 16.5. The van der Waals surface area contributed by atoms with Crippen molar-refractivity contribution in [2.75, 3.05) is 0 Å². The van der Waals surface area contributed by atoms with Gasteiger partial charge in [0.25, 0.3) is 23.6 Å². The van der Waals surface area contributed by atoms with Crippen LogP contribution in [0.15, 0.2) is 83.0 Å². The minimum atomic E-state index is -0.466. The van der Waals surface area contributed by atoms with Gasteiger partial charge in [-0.1, -0.05) is 48.5 Å². The Morgan fingerprint density at radius 2 is 0.750 bits per heavy atom. The second kappa shape index (κ2) is 7.51. The van der Waals surface area contributed by atoms with Crippen molar-refractivity contribution < 1.29 is 19.2 Å². The molecule has 2 heterocycles. The minimum absolute atomic E-state index is 0.328. The number of carbonyl (C=O) groups excluding carboxylic acids is 4. The summed E-state index contributed by atoms with van der Waals surface area (Å²) in [5.41, 5.74) is 2.62. The molecule has 2 aliphatic heterocycles. The van der Waals surface area contributed by atoms with E-state index in [1.54, 1.807) is 72.8 Å². The van der Waals surface area contributed by atoms with E-state index in [1.165, 1.54) is 12.4 Å². The van der Waals surface area contributed by atoms with Crippen LogP contribution in [0.25, 0.3) is 0 Å². The molecule has 0 atom stereocenters. The minimum Gasteiger partial charge on any atom is -0.267 e. The van der Waals surface area contributed by atoms with Crippen LogP contribution in [0, 0.1) is 0 Å². The van der Waals surface area contributed by atoms with E-state index in [0.717, 1.165) is 10.0 Å². The summed E-state index contributed by atoms with van der Waals surface area (Å²) in [6.45, 7) is 0. The highest BCUT2D eigenvalue weighted by Crippen LogP contribution is 2.23. The normalized spacial score (nSPS) is 15.4. The summed E-state index contributed by atoms with van der Waals surface area (Å²) in [6.07, 6.45) is 2.82. The van der Waals surface area contributed by atoms with Gasteiger partial charge < -0.3 is 0 Å². The molecule has 0 radical (unpaired) electrons. The highest BCUT2D eigenvalue weighted by atomic mass is 16.2. The van der Waals surface area contributed by atoms with E-state index in [-0.39, 0.29) is 0 Å². The van der Waals surface area contributed by atoms with Gasteiger partial charge in [-0.15, -0.1) is 0 Å². The number of hydrogen-bond acceptors (Lipinski definition) is 6. The second-order valence-electron chi connectivity index (χ2n) is 7.09. The van der Waals surface area contributed by atoms with Crippen molar-refractivity contribution in [1.82, 2.24) is 10.0 Å². The first-order valence-electron chi connectivity index (χ1n) is 9.68. The molecule has 0 unspecified atom stereocenters. The summed E-state index contributed by atoms with van der Waals surface area (Å²) >= 11 is 0. The molecule has 0 saturated carbocycles. The lowest BCUT2D eigenvalue weighted by Gasteiger charge is -2.06. The standard InChI is InChI=1S/C24H14N4O4/c29-21-17-5-1-2-6-18(17)22(30)27(21)25-13-15-9-11-16(12-10-15)14-26-28-23(31)19-7-3-4-8-20(19)24(28)32/h1-14H. The average molecular weight is 422 g/mol. The van der Waals surface area contributed by atoms with Gasteiger partial charge in [-0.05, 0) is 35.4 Å². The number of imide groups is 2. The Kier molecular flexibility index (Phi) is 4.52. The Morgan fingerprint density at radius 1 is 0.469 bits per heavy atom. The second-order valence-corrected chi connectivity index (χ2v) is 7.09. The quantitative estimate of drug-likeness (QED) is 0.477. The lowest BCUT2D eigenvalue weighted by atomic mass is 10.1. The molecule has 154 valence electrons. The zero-order chi connectivity index (χ0) is 22.2. The SMILES string of the molecule is O=C1c2ccccc2C(=O)N1N=Cc1ccc(C=NN2C(=O)c3ccccc3C2=O)cc1. The molecule has 0 aromatic heterocycles. The van der Waals surface area contributed by atoms with Gasteiger partial charge >= 0.3 is 0 Å².